The summed E-state index contributed by atoms with van der Waals surface area (Å²) in [5, 5.41) is 9.84. The largest absolute Gasteiger partial charge is 0.332 e. The highest BCUT2D eigenvalue weighted by Gasteiger charge is 2.18. The van der Waals surface area contributed by atoms with Gasteiger partial charge in [-0.1, -0.05) is 11.6 Å². The average molecular weight is 240 g/mol. The van der Waals surface area contributed by atoms with Crippen LogP contribution in [0, 0.1) is 10.1 Å². The van der Waals surface area contributed by atoms with Crippen LogP contribution in [0.5, 0.6) is 0 Å². The number of nitrogens with zero attached hydrogens (tertiary/aromatic N) is 1. The summed E-state index contributed by atoms with van der Waals surface area (Å²) >= 11 is 5.36. The zero-order chi connectivity index (χ0) is 10.9. The molecule has 76 valence electrons. The third-order valence-corrected chi connectivity index (χ3v) is 2.52. The Kier molecular flexibility index (Phi) is 2.72. The second kappa shape index (κ2) is 3.50. The Balaban J connectivity index is 3.34. The molecule has 0 atom stereocenters. The summed E-state index contributed by atoms with van der Waals surface area (Å²) in [6.45, 7) is 0. The zero-order valence-corrected chi connectivity index (χ0v) is 8.05. The van der Waals surface area contributed by atoms with Crippen LogP contribution in [0.15, 0.2) is 23.1 Å². The quantitative estimate of drug-likeness (QED) is 0.449. The average Bonchev–Trinajstić information content (AvgIpc) is 2.01. The van der Waals surface area contributed by atoms with Gasteiger partial charge in [0.15, 0.2) is 0 Å². The van der Waals surface area contributed by atoms with Gasteiger partial charge < -0.3 is 0 Å². The van der Waals surface area contributed by atoms with Crippen molar-refractivity contribution in [2.45, 2.75) is 4.90 Å². The first-order valence-corrected chi connectivity index (χ1v) is 4.97. The second-order valence-electron chi connectivity index (χ2n) is 2.31. The van der Waals surface area contributed by atoms with E-state index >= 15 is 0 Å². The van der Waals surface area contributed by atoms with Crippen LogP contribution in [0.1, 0.15) is 0 Å². The van der Waals surface area contributed by atoms with Crippen LogP contribution >= 0.6 is 11.6 Å². The molecule has 0 bridgehead atoms. The number of nitro benzene ring substituents is 1. The molecule has 14 heavy (non-hydrogen) atoms. The topological polar surface area (TPSA) is 77.3 Å². The molecule has 0 saturated carbocycles. The Hall–Kier alpha value is -1.21. The van der Waals surface area contributed by atoms with Gasteiger partial charge in [0.1, 0.15) is 9.92 Å². The molecule has 0 heterocycles. The van der Waals surface area contributed by atoms with Crippen LogP contribution in [-0.2, 0) is 10.2 Å². The van der Waals surface area contributed by atoms with Crippen molar-refractivity contribution in [1.29, 1.82) is 0 Å². The van der Waals surface area contributed by atoms with Crippen molar-refractivity contribution < 1.29 is 17.2 Å². The smallest absolute Gasteiger partial charge is 0.258 e. The van der Waals surface area contributed by atoms with Crippen LogP contribution in [0.3, 0.4) is 0 Å². The van der Waals surface area contributed by atoms with Crippen LogP contribution in [-0.4, -0.2) is 13.3 Å². The third kappa shape index (κ3) is 2.18. The van der Waals surface area contributed by atoms with Crippen molar-refractivity contribution in [3.05, 3.63) is 33.3 Å². The molecule has 0 N–H and O–H groups in total. The molecule has 1 aromatic rings. The zero-order valence-electron chi connectivity index (χ0n) is 6.48. The first kappa shape index (κ1) is 10.9. The summed E-state index contributed by atoms with van der Waals surface area (Å²) < 4.78 is 33.1. The highest BCUT2D eigenvalue weighted by Crippen LogP contribution is 2.27. The van der Waals surface area contributed by atoms with E-state index in [2.05, 4.69) is 0 Å². The molecule has 0 saturated heterocycles. The maximum Gasteiger partial charge on any atom is 0.332 e. The van der Waals surface area contributed by atoms with E-state index in [0.29, 0.717) is 6.07 Å². The number of rotatable bonds is 2. The van der Waals surface area contributed by atoms with Gasteiger partial charge in [-0.25, -0.2) is 0 Å². The summed E-state index contributed by atoms with van der Waals surface area (Å²) in [4.78, 5) is 8.77. The standard InChI is InChI=1S/C6H3ClFNO4S/c7-5-3-4(14(8,12)13)1-2-6(5)9(10)11/h1-3H. The molecular weight excluding hydrogens is 237 g/mol. The molecule has 0 aromatic heterocycles. The van der Waals surface area contributed by atoms with Gasteiger partial charge in [0.05, 0.1) is 4.92 Å². The predicted octanol–water partition coefficient (Wildman–Crippen LogP) is 1.91. The van der Waals surface area contributed by atoms with Gasteiger partial charge in [-0.3, -0.25) is 10.1 Å². The fourth-order valence-electron chi connectivity index (χ4n) is 0.787. The van der Waals surface area contributed by atoms with Gasteiger partial charge in [-0.05, 0) is 12.1 Å². The summed E-state index contributed by atoms with van der Waals surface area (Å²) in [6.07, 6.45) is 0. The summed E-state index contributed by atoms with van der Waals surface area (Å²) in [6, 6.07) is 2.29. The Morgan fingerprint density at radius 3 is 2.36 bits per heavy atom. The SMILES string of the molecule is O=[N+]([O-])c1ccc(S(=O)(=O)F)cc1Cl. The van der Waals surface area contributed by atoms with Crippen molar-refractivity contribution in [3.63, 3.8) is 0 Å². The van der Waals surface area contributed by atoms with Gasteiger partial charge in [-0.2, -0.15) is 8.42 Å². The van der Waals surface area contributed by atoms with E-state index in [1.165, 1.54) is 0 Å². The fraction of sp³-hybridized carbons (Fsp3) is 0. The number of hydrogen-bond acceptors (Lipinski definition) is 4. The normalized spacial score (nSPS) is 11.3. The van der Waals surface area contributed by atoms with Gasteiger partial charge in [0.25, 0.3) is 5.69 Å². The van der Waals surface area contributed by atoms with Gasteiger partial charge in [-0.15, -0.1) is 3.89 Å². The van der Waals surface area contributed by atoms with Gasteiger partial charge in [0, 0.05) is 6.07 Å². The monoisotopic (exact) mass is 239 g/mol. The molecule has 0 aliphatic rings. The third-order valence-electron chi connectivity index (χ3n) is 1.40. The van der Waals surface area contributed by atoms with Crippen molar-refractivity contribution >= 4 is 27.5 Å². The Morgan fingerprint density at radius 1 is 1.43 bits per heavy atom. The molecule has 5 nitrogen and oxygen atoms in total. The van der Waals surface area contributed by atoms with Crippen LogP contribution in [0.2, 0.25) is 5.02 Å². The number of nitro groups is 1. The molecule has 0 unspecified atom stereocenters. The van der Waals surface area contributed by atoms with Crippen molar-refractivity contribution in [1.82, 2.24) is 0 Å². The van der Waals surface area contributed by atoms with E-state index in [0.717, 1.165) is 12.1 Å². The second-order valence-corrected chi connectivity index (χ2v) is 4.06. The van der Waals surface area contributed by atoms with E-state index in [-0.39, 0.29) is 0 Å². The number of benzene rings is 1. The van der Waals surface area contributed by atoms with Crippen molar-refractivity contribution in [2.75, 3.05) is 0 Å². The molecule has 0 spiro atoms. The Morgan fingerprint density at radius 2 is 2.00 bits per heavy atom. The van der Waals surface area contributed by atoms with E-state index < -0.39 is 30.8 Å². The summed E-state index contributed by atoms with van der Waals surface area (Å²) in [5.74, 6) is 0. The molecule has 1 aromatic carbocycles. The first-order chi connectivity index (χ1) is 6.32. The van der Waals surface area contributed by atoms with Crippen LogP contribution in [0.25, 0.3) is 0 Å². The molecular formula is C6H3ClFNO4S. The molecule has 1 rings (SSSR count). The fourth-order valence-corrected chi connectivity index (χ4v) is 1.59. The molecule has 0 fully saturated rings. The highest BCUT2D eigenvalue weighted by atomic mass is 35.5. The lowest BCUT2D eigenvalue weighted by Gasteiger charge is -1.96. The summed E-state index contributed by atoms with van der Waals surface area (Å²) in [5.41, 5.74) is -0.473. The van der Waals surface area contributed by atoms with Crippen molar-refractivity contribution in [3.8, 4) is 0 Å². The lowest BCUT2D eigenvalue weighted by molar-refractivity contribution is -0.384. The maximum atomic E-state index is 12.4. The lowest BCUT2D eigenvalue weighted by atomic mass is 10.3. The number of hydrogen-bond donors (Lipinski definition) is 0. The van der Waals surface area contributed by atoms with E-state index in [1.807, 2.05) is 0 Å². The number of halogens is 2. The minimum atomic E-state index is -4.87. The van der Waals surface area contributed by atoms with Crippen LogP contribution < -0.4 is 0 Å². The molecule has 0 radical (unpaired) electrons. The minimum absolute atomic E-state index is 0.422. The van der Waals surface area contributed by atoms with Crippen LogP contribution in [0.4, 0.5) is 9.57 Å². The lowest BCUT2D eigenvalue weighted by Crippen LogP contribution is -1.94. The Labute approximate surface area is 83.5 Å². The molecule has 0 aliphatic heterocycles. The summed E-state index contributed by atoms with van der Waals surface area (Å²) in [7, 11) is -4.87. The van der Waals surface area contributed by atoms with E-state index in [4.69, 9.17) is 11.6 Å². The van der Waals surface area contributed by atoms with Gasteiger partial charge in [0.2, 0.25) is 0 Å². The highest BCUT2D eigenvalue weighted by molar-refractivity contribution is 7.86. The van der Waals surface area contributed by atoms with Gasteiger partial charge >= 0.3 is 10.2 Å². The van der Waals surface area contributed by atoms with Crippen molar-refractivity contribution in [2.24, 2.45) is 0 Å². The van der Waals surface area contributed by atoms with E-state index in [9.17, 15) is 22.4 Å². The Bertz CT molecular complexity index is 487. The minimum Gasteiger partial charge on any atom is -0.258 e. The molecule has 0 amide bonds. The molecule has 0 aliphatic carbocycles. The predicted molar refractivity (Wildman–Crippen MR) is 46.4 cm³/mol. The maximum absolute atomic E-state index is 12.4. The molecule has 8 heteroatoms. The van der Waals surface area contributed by atoms with E-state index in [1.54, 1.807) is 0 Å². The first-order valence-electron chi connectivity index (χ1n) is 3.21.